The summed E-state index contributed by atoms with van der Waals surface area (Å²) in [6, 6.07) is 0. The summed E-state index contributed by atoms with van der Waals surface area (Å²) in [5.41, 5.74) is 1.29. The molecule has 2 aromatic heterocycles. The fourth-order valence-corrected chi connectivity index (χ4v) is 2.06. The lowest BCUT2D eigenvalue weighted by Crippen LogP contribution is -2.33. The van der Waals surface area contributed by atoms with Gasteiger partial charge in [-0.15, -0.1) is 11.6 Å². The maximum atomic E-state index is 12.4. The van der Waals surface area contributed by atoms with Crippen LogP contribution in [0.4, 0.5) is 0 Å². The normalized spacial score (nSPS) is 10.8. The van der Waals surface area contributed by atoms with Crippen molar-refractivity contribution in [1.82, 2.24) is 19.5 Å². The van der Waals surface area contributed by atoms with Crippen LogP contribution in [0.1, 0.15) is 23.7 Å². The van der Waals surface area contributed by atoms with E-state index in [-0.39, 0.29) is 5.91 Å². The minimum absolute atomic E-state index is 0.0412. The number of nitrogens with zero attached hydrogens (tertiary/aromatic N) is 4. The van der Waals surface area contributed by atoms with Crippen LogP contribution in [0.5, 0.6) is 0 Å². The molecule has 0 aliphatic rings. The lowest BCUT2D eigenvalue weighted by molar-refractivity contribution is 0.0767. The van der Waals surface area contributed by atoms with Gasteiger partial charge < -0.3 is 4.90 Å². The van der Waals surface area contributed by atoms with Gasteiger partial charge in [0.1, 0.15) is 0 Å². The molecule has 1 amide bonds. The van der Waals surface area contributed by atoms with Gasteiger partial charge in [-0.05, 0) is 6.42 Å². The highest BCUT2D eigenvalue weighted by atomic mass is 35.5. The average molecular weight is 267 g/mol. The summed E-state index contributed by atoms with van der Waals surface area (Å²) in [6.07, 6.45) is 7.48. The molecule has 0 saturated carbocycles. The molecule has 2 aromatic rings. The van der Waals surface area contributed by atoms with E-state index in [0.717, 1.165) is 11.9 Å². The maximum Gasteiger partial charge on any atom is 0.257 e. The van der Waals surface area contributed by atoms with Crippen molar-refractivity contribution in [3.8, 4) is 0 Å². The Bertz CT molecular complexity index is 534. The molecule has 0 bridgehead atoms. The van der Waals surface area contributed by atoms with Gasteiger partial charge in [0.05, 0.1) is 23.5 Å². The zero-order valence-corrected chi connectivity index (χ0v) is 11.0. The topological polar surface area (TPSA) is 50.5 Å². The molecule has 2 heterocycles. The maximum absolute atomic E-state index is 12.4. The number of hydrogen-bond acceptors (Lipinski definition) is 3. The Morgan fingerprint density at radius 1 is 1.44 bits per heavy atom. The number of halogens is 1. The Morgan fingerprint density at radius 2 is 2.28 bits per heavy atom. The van der Waals surface area contributed by atoms with Gasteiger partial charge in [0.25, 0.3) is 5.91 Å². The Kier molecular flexibility index (Phi) is 4.15. The molecule has 0 atom stereocenters. The first-order chi connectivity index (χ1) is 8.77. The van der Waals surface area contributed by atoms with Crippen molar-refractivity contribution < 1.29 is 4.79 Å². The van der Waals surface area contributed by atoms with Gasteiger partial charge in [-0.25, -0.2) is 4.52 Å². The molecule has 0 aliphatic carbocycles. The van der Waals surface area contributed by atoms with Crippen LogP contribution in [0, 0.1) is 0 Å². The second-order valence-corrected chi connectivity index (χ2v) is 4.32. The average Bonchev–Trinajstić information content (AvgIpc) is 2.81. The second kappa shape index (κ2) is 5.82. The zero-order valence-electron chi connectivity index (χ0n) is 10.2. The smallest absolute Gasteiger partial charge is 0.257 e. The lowest BCUT2D eigenvalue weighted by Gasteiger charge is -2.20. The Labute approximate surface area is 110 Å². The molecule has 18 heavy (non-hydrogen) atoms. The third-order valence-corrected chi connectivity index (χ3v) is 2.86. The highest BCUT2D eigenvalue weighted by molar-refractivity contribution is 6.18. The molecular weight excluding hydrogens is 252 g/mol. The predicted molar refractivity (Wildman–Crippen MR) is 69.9 cm³/mol. The van der Waals surface area contributed by atoms with Crippen LogP contribution in [0.2, 0.25) is 0 Å². The van der Waals surface area contributed by atoms with Gasteiger partial charge >= 0.3 is 0 Å². The largest absolute Gasteiger partial charge is 0.337 e. The fourth-order valence-electron chi connectivity index (χ4n) is 1.86. The SMILES string of the molecule is CCCN(CCCl)C(=O)c1cnn2ccncc12. The molecule has 0 N–H and O–H groups in total. The van der Waals surface area contributed by atoms with E-state index in [1.54, 1.807) is 34.2 Å². The number of carbonyl (C=O) groups is 1. The van der Waals surface area contributed by atoms with E-state index in [1.165, 1.54) is 0 Å². The molecule has 0 aromatic carbocycles. The molecule has 2 rings (SSSR count). The van der Waals surface area contributed by atoms with Crippen LogP contribution in [-0.2, 0) is 0 Å². The molecule has 96 valence electrons. The van der Waals surface area contributed by atoms with Gasteiger partial charge in [0, 0.05) is 31.4 Å². The summed E-state index contributed by atoms with van der Waals surface area (Å²) in [5.74, 6) is 0.393. The van der Waals surface area contributed by atoms with Crippen molar-refractivity contribution in [1.29, 1.82) is 0 Å². The first-order valence-electron chi connectivity index (χ1n) is 5.90. The summed E-state index contributed by atoms with van der Waals surface area (Å²) in [5, 5.41) is 4.14. The third kappa shape index (κ3) is 2.46. The number of hydrogen-bond donors (Lipinski definition) is 0. The summed E-state index contributed by atoms with van der Waals surface area (Å²) in [7, 11) is 0. The molecule has 0 spiro atoms. The number of fused-ring (bicyclic) bond motifs is 1. The van der Waals surface area contributed by atoms with Crippen LogP contribution in [0.3, 0.4) is 0 Å². The summed E-state index contributed by atoms with van der Waals surface area (Å²) < 4.78 is 1.64. The van der Waals surface area contributed by atoms with Gasteiger partial charge in [-0.2, -0.15) is 5.10 Å². The van der Waals surface area contributed by atoms with Crippen LogP contribution < -0.4 is 0 Å². The number of carbonyl (C=O) groups excluding carboxylic acids is 1. The summed E-state index contributed by atoms with van der Waals surface area (Å²) in [4.78, 5) is 18.2. The van der Waals surface area contributed by atoms with Crippen molar-refractivity contribution in [3.05, 3.63) is 30.4 Å². The van der Waals surface area contributed by atoms with E-state index >= 15 is 0 Å². The first kappa shape index (κ1) is 12.8. The molecule has 0 aliphatic heterocycles. The fraction of sp³-hybridized carbons (Fsp3) is 0.417. The van der Waals surface area contributed by atoms with Gasteiger partial charge in [-0.1, -0.05) is 6.92 Å². The van der Waals surface area contributed by atoms with E-state index in [4.69, 9.17) is 11.6 Å². The molecule has 0 fully saturated rings. The molecular formula is C12H15ClN4O. The number of alkyl halides is 1. The van der Waals surface area contributed by atoms with Crippen molar-refractivity contribution in [2.75, 3.05) is 19.0 Å². The van der Waals surface area contributed by atoms with Gasteiger partial charge in [0.15, 0.2) is 0 Å². The van der Waals surface area contributed by atoms with Crippen molar-refractivity contribution in [3.63, 3.8) is 0 Å². The minimum Gasteiger partial charge on any atom is -0.337 e. The Balaban J connectivity index is 2.31. The monoisotopic (exact) mass is 266 g/mol. The van der Waals surface area contributed by atoms with Gasteiger partial charge in [-0.3, -0.25) is 9.78 Å². The molecule has 5 nitrogen and oxygen atoms in total. The number of rotatable bonds is 5. The van der Waals surface area contributed by atoms with Crippen molar-refractivity contribution in [2.24, 2.45) is 0 Å². The standard InChI is InChI=1S/C12H15ClN4O/c1-2-5-16(6-3-13)12(18)10-8-15-17-7-4-14-9-11(10)17/h4,7-9H,2-3,5-6H2,1H3. The summed E-state index contributed by atoms with van der Waals surface area (Å²) in [6.45, 7) is 3.28. The second-order valence-electron chi connectivity index (χ2n) is 3.95. The van der Waals surface area contributed by atoms with Crippen molar-refractivity contribution >= 4 is 23.0 Å². The molecule has 0 unspecified atom stereocenters. The van der Waals surface area contributed by atoms with E-state index < -0.39 is 0 Å². The minimum atomic E-state index is -0.0412. The highest BCUT2D eigenvalue weighted by Gasteiger charge is 2.18. The molecule has 0 saturated heterocycles. The highest BCUT2D eigenvalue weighted by Crippen LogP contribution is 2.12. The molecule has 6 heteroatoms. The predicted octanol–water partition coefficient (Wildman–Crippen LogP) is 1.82. The number of aromatic nitrogens is 3. The van der Waals surface area contributed by atoms with Gasteiger partial charge in [0.2, 0.25) is 0 Å². The Morgan fingerprint density at radius 3 is 3.00 bits per heavy atom. The van der Waals surface area contributed by atoms with E-state index in [9.17, 15) is 4.79 Å². The van der Waals surface area contributed by atoms with E-state index in [0.29, 0.717) is 24.5 Å². The van der Waals surface area contributed by atoms with Crippen molar-refractivity contribution in [2.45, 2.75) is 13.3 Å². The van der Waals surface area contributed by atoms with Crippen LogP contribution in [-0.4, -0.2) is 44.4 Å². The van der Waals surface area contributed by atoms with Crippen LogP contribution in [0.15, 0.2) is 24.8 Å². The number of amides is 1. The first-order valence-corrected chi connectivity index (χ1v) is 6.44. The lowest BCUT2D eigenvalue weighted by atomic mass is 10.2. The van der Waals surface area contributed by atoms with E-state index in [2.05, 4.69) is 10.1 Å². The van der Waals surface area contributed by atoms with Crippen LogP contribution >= 0.6 is 11.6 Å². The zero-order chi connectivity index (χ0) is 13.0. The van der Waals surface area contributed by atoms with E-state index in [1.807, 2.05) is 6.92 Å². The quantitative estimate of drug-likeness (QED) is 0.776. The summed E-state index contributed by atoms with van der Waals surface area (Å²) >= 11 is 5.73. The Hall–Kier alpha value is -1.62. The van der Waals surface area contributed by atoms with Crippen LogP contribution in [0.25, 0.3) is 5.52 Å². The third-order valence-electron chi connectivity index (χ3n) is 2.69. The molecule has 0 radical (unpaired) electrons.